The van der Waals surface area contributed by atoms with Crippen molar-refractivity contribution in [2.75, 3.05) is 13.2 Å². The van der Waals surface area contributed by atoms with E-state index in [1.54, 1.807) is 17.2 Å². The Kier molecular flexibility index (Phi) is 5.72. The fourth-order valence-corrected chi connectivity index (χ4v) is 3.18. The number of nitrogens with zero attached hydrogens (tertiary/aromatic N) is 3. The summed E-state index contributed by atoms with van der Waals surface area (Å²) in [6.45, 7) is 9.39. The van der Waals surface area contributed by atoms with Crippen molar-refractivity contribution in [3.05, 3.63) is 40.7 Å². The van der Waals surface area contributed by atoms with Crippen LogP contribution in [0, 0.1) is 5.92 Å². The summed E-state index contributed by atoms with van der Waals surface area (Å²) < 4.78 is 5.58. The highest BCUT2D eigenvalue weighted by Crippen LogP contribution is 2.33. The first kappa shape index (κ1) is 19.9. The predicted octanol–water partition coefficient (Wildman–Crippen LogP) is 3.24. The summed E-state index contributed by atoms with van der Waals surface area (Å²) in [5.74, 6) is -0.0692. The van der Waals surface area contributed by atoms with Gasteiger partial charge in [0.2, 0.25) is 0 Å². The van der Waals surface area contributed by atoms with E-state index in [1.807, 2.05) is 13.8 Å². The van der Waals surface area contributed by atoms with Gasteiger partial charge in [0, 0.05) is 37.3 Å². The third-order valence-electron chi connectivity index (χ3n) is 4.74. The second kappa shape index (κ2) is 8.04. The van der Waals surface area contributed by atoms with E-state index in [1.165, 1.54) is 6.07 Å². The quantitative estimate of drug-likeness (QED) is 0.820. The maximum atomic E-state index is 13.0. The SMILES string of the molecule is CC(C)COc1ncc2c(n1)CCN(C(=O)c1cc(C(C)C)c(O)cc1O)C2. The number of amides is 1. The minimum Gasteiger partial charge on any atom is -0.508 e. The number of benzene rings is 1. The molecule has 0 saturated carbocycles. The number of hydrogen-bond acceptors (Lipinski definition) is 6. The van der Waals surface area contributed by atoms with E-state index in [0.717, 1.165) is 11.3 Å². The monoisotopic (exact) mass is 385 g/mol. The molecule has 7 nitrogen and oxygen atoms in total. The molecule has 3 rings (SSSR count). The van der Waals surface area contributed by atoms with Gasteiger partial charge in [-0.3, -0.25) is 4.79 Å². The van der Waals surface area contributed by atoms with Gasteiger partial charge < -0.3 is 19.8 Å². The van der Waals surface area contributed by atoms with E-state index in [2.05, 4.69) is 23.8 Å². The van der Waals surface area contributed by atoms with Crippen molar-refractivity contribution in [2.24, 2.45) is 5.92 Å². The molecule has 1 aliphatic heterocycles. The van der Waals surface area contributed by atoms with Gasteiger partial charge in [-0.25, -0.2) is 4.98 Å². The largest absolute Gasteiger partial charge is 0.508 e. The van der Waals surface area contributed by atoms with Crippen LogP contribution in [0.5, 0.6) is 17.5 Å². The zero-order chi connectivity index (χ0) is 20.4. The van der Waals surface area contributed by atoms with Crippen LogP contribution in [0.4, 0.5) is 0 Å². The second-order valence-electron chi connectivity index (χ2n) is 7.89. The normalized spacial score (nSPS) is 13.7. The molecule has 0 aliphatic carbocycles. The van der Waals surface area contributed by atoms with Crippen molar-refractivity contribution in [3.8, 4) is 17.5 Å². The van der Waals surface area contributed by atoms with Crippen LogP contribution in [0.25, 0.3) is 0 Å². The molecule has 2 N–H and O–H groups in total. The summed E-state index contributed by atoms with van der Waals surface area (Å²) >= 11 is 0. The number of aromatic hydroxyl groups is 2. The Morgan fingerprint density at radius 3 is 2.64 bits per heavy atom. The zero-order valence-corrected chi connectivity index (χ0v) is 16.8. The fourth-order valence-electron chi connectivity index (χ4n) is 3.18. The Bertz CT molecular complexity index is 880. The molecule has 28 heavy (non-hydrogen) atoms. The second-order valence-corrected chi connectivity index (χ2v) is 7.89. The number of phenols is 2. The van der Waals surface area contributed by atoms with Crippen LogP contribution in [-0.2, 0) is 13.0 Å². The summed E-state index contributed by atoms with van der Waals surface area (Å²) in [7, 11) is 0. The summed E-state index contributed by atoms with van der Waals surface area (Å²) in [4.78, 5) is 23.4. The van der Waals surface area contributed by atoms with Crippen molar-refractivity contribution in [1.82, 2.24) is 14.9 Å². The third kappa shape index (κ3) is 4.18. The van der Waals surface area contributed by atoms with E-state index in [4.69, 9.17) is 4.74 Å². The molecule has 2 heterocycles. The van der Waals surface area contributed by atoms with Crippen molar-refractivity contribution in [1.29, 1.82) is 0 Å². The van der Waals surface area contributed by atoms with Crippen LogP contribution in [0.3, 0.4) is 0 Å². The predicted molar refractivity (Wildman–Crippen MR) is 105 cm³/mol. The van der Waals surface area contributed by atoms with Gasteiger partial charge in [-0.05, 0) is 23.5 Å². The summed E-state index contributed by atoms with van der Waals surface area (Å²) in [6.07, 6.45) is 2.30. The van der Waals surface area contributed by atoms with Crippen molar-refractivity contribution in [3.63, 3.8) is 0 Å². The molecule has 0 fully saturated rings. The number of carbonyl (C=O) groups is 1. The minimum absolute atomic E-state index is 0.00429. The third-order valence-corrected chi connectivity index (χ3v) is 4.74. The summed E-state index contributed by atoms with van der Waals surface area (Å²) in [5.41, 5.74) is 2.59. The van der Waals surface area contributed by atoms with Crippen molar-refractivity contribution in [2.45, 2.75) is 46.6 Å². The number of carbonyl (C=O) groups excluding carboxylic acids is 1. The Morgan fingerprint density at radius 2 is 1.96 bits per heavy atom. The van der Waals surface area contributed by atoms with Crippen LogP contribution in [0.15, 0.2) is 18.3 Å². The zero-order valence-electron chi connectivity index (χ0n) is 16.8. The Hall–Kier alpha value is -2.83. The average Bonchev–Trinajstić information content (AvgIpc) is 2.65. The maximum absolute atomic E-state index is 13.0. The lowest BCUT2D eigenvalue weighted by Crippen LogP contribution is -2.36. The maximum Gasteiger partial charge on any atom is 0.316 e. The van der Waals surface area contributed by atoms with Crippen LogP contribution < -0.4 is 4.74 Å². The van der Waals surface area contributed by atoms with E-state index in [9.17, 15) is 15.0 Å². The molecule has 0 spiro atoms. The molecule has 0 unspecified atom stereocenters. The molecule has 0 radical (unpaired) electrons. The Labute approximate surface area is 165 Å². The first-order chi connectivity index (χ1) is 13.3. The van der Waals surface area contributed by atoms with Gasteiger partial charge in [0.05, 0.1) is 17.9 Å². The number of rotatable bonds is 5. The number of phenolic OH excluding ortho intramolecular Hbond substituents is 2. The molecule has 1 aliphatic rings. The molecular weight excluding hydrogens is 358 g/mol. The van der Waals surface area contributed by atoms with E-state index in [0.29, 0.717) is 43.6 Å². The Balaban J connectivity index is 1.79. The molecule has 1 amide bonds. The van der Waals surface area contributed by atoms with Gasteiger partial charge in [-0.1, -0.05) is 27.7 Å². The van der Waals surface area contributed by atoms with Crippen LogP contribution >= 0.6 is 0 Å². The van der Waals surface area contributed by atoms with E-state index >= 15 is 0 Å². The lowest BCUT2D eigenvalue weighted by molar-refractivity contribution is 0.0729. The molecule has 2 aromatic rings. The molecule has 0 saturated heterocycles. The highest BCUT2D eigenvalue weighted by Gasteiger charge is 2.26. The van der Waals surface area contributed by atoms with Gasteiger partial charge >= 0.3 is 6.01 Å². The molecular formula is C21H27N3O4. The fraction of sp³-hybridized carbons (Fsp3) is 0.476. The number of ether oxygens (including phenoxy) is 1. The molecule has 1 aromatic carbocycles. The number of aromatic nitrogens is 2. The topological polar surface area (TPSA) is 95.8 Å². The first-order valence-corrected chi connectivity index (χ1v) is 9.59. The van der Waals surface area contributed by atoms with Gasteiger partial charge in [-0.2, -0.15) is 4.98 Å². The summed E-state index contributed by atoms with van der Waals surface area (Å²) in [6, 6.07) is 3.18. The molecule has 0 bridgehead atoms. The molecule has 0 atom stereocenters. The van der Waals surface area contributed by atoms with Crippen LogP contribution in [0.2, 0.25) is 0 Å². The van der Waals surface area contributed by atoms with E-state index in [-0.39, 0.29) is 28.9 Å². The number of hydrogen-bond donors (Lipinski definition) is 2. The summed E-state index contributed by atoms with van der Waals surface area (Å²) in [5, 5.41) is 20.2. The Morgan fingerprint density at radius 1 is 1.21 bits per heavy atom. The van der Waals surface area contributed by atoms with Crippen molar-refractivity contribution >= 4 is 5.91 Å². The van der Waals surface area contributed by atoms with Gasteiger partial charge in [0.15, 0.2) is 0 Å². The first-order valence-electron chi connectivity index (χ1n) is 9.59. The lowest BCUT2D eigenvalue weighted by Gasteiger charge is -2.28. The smallest absolute Gasteiger partial charge is 0.316 e. The molecule has 150 valence electrons. The van der Waals surface area contributed by atoms with Gasteiger partial charge in [0.25, 0.3) is 5.91 Å². The van der Waals surface area contributed by atoms with Gasteiger partial charge in [0.1, 0.15) is 11.5 Å². The standard InChI is InChI=1S/C21H27N3O4/c1-12(2)11-28-21-22-9-14-10-24(6-5-17(14)23-21)20(27)16-7-15(13(3)4)18(25)8-19(16)26/h7-9,12-13,25-26H,5-6,10-11H2,1-4H3. The minimum atomic E-state index is -0.273. The van der Waals surface area contributed by atoms with Gasteiger partial charge in [-0.15, -0.1) is 0 Å². The molecule has 7 heteroatoms. The molecule has 1 aromatic heterocycles. The van der Waals surface area contributed by atoms with Crippen LogP contribution in [0.1, 0.15) is 60.8 Å². The highest BCUT2D eigenvalue weighted by molar-refractivity contribution is 5.97. The van der Waals surface area contributed by atoms with Crippen LogP contribution in [-0.4, -0.2) is 44.1 Å². The van der Waals surface area contributed by atoms with Crippen molar-refractivity contribution < 1.29 is 19.7 Å². The number of fused-ring (bicyclic) bond motifs is 1. The highest BCUT2D eigenvalue weighted by atomic mass is 16.5. The lowest BCUT2D eigenvalue weighted by atomic mass is 9.97. The average molecular weight is 385 g/mol. The van der Waals surface area contributed by atoms with E-state index < -0.39 is 0 Å².